The Labute approximate surface area is 157 Å². The molecule has 2 aromatic carbocycles. The number of para-hydroxylation sites is 1. The number of halogens is 2. The number of alkyl halides is 2. The minimum Gasteiger partial charge on any atom is -0.507 e. The summed E-state index contributed by atoms with van der Waals surface area (Å²) in [6.45, 7) is -3.03. The first kappa shape index (κ1) is 19.3. The fourth-order valence-electron chi connectivity index (χ4n) is 3.00. The topological polar surface area (TPSA) is 86.0 Å². The molecule has 0 aliphatic carbocycles. The number of benzene rings is 2. The normalized spacial score (nSPS) is 12.1. The molecule has 1 heterocycles. The fraction of sp³-hybridized carbons (Fsp3) is 0.200. The molecular formula is C20H16F2O6. The van der Waals surface area contributed by atoms with E-state index in [1.165, 1.54) is 37.4 Å². The average molecular weight is 390 g/mol. The van der Waals surface area contributed by atoms with E-state index >= 15 is 0 Å². The number of fused-ring (bicyclic) bond motifs is 1. The molecule has 28 heavy (non-hydrogen) atoms. The van der Waals surface area contributed by atoms with Crippen molar-refractivity contribution in [2.24, 2.45) is 0 Å². The molecule has 0 saturated heterocycles. The highest BCUT2D eigenvalue weighted by molar-refractivity contribution is 5.84. The summed E-state index contributed by atoms with van der Waals surface area (Å²) in [5.74, 6) is -2.14. The van der Waals surface area contributed by atoms with Crippen molar-refractivity contribution in [3.8, 4) is 11.5 Å². The molecule has 0 aliphatic heterocycles. The van der Waals surface area contributed by atoms with Crippen LogP contribution in [0.2, 0.25) is 0 Å². The van der Waals surface area contributed by atoms with Crippen molar-refractivity contribution < 1.29 is 32.6 Å². The van der Waals surface area contributed by atoms with Crippen molar-refractivity contribution in [2.45, 2.75) is 19.0 Å². The Balaban J connectivity index is 2.18. The maximum Gasteiger partial charge on any atom is 0.387 e. The van der Waals surface area contributed by atoms with Gasteiger partial charge in [-0.2, -0.15) is 8.78 Å². The minimum absolute atomic E-state index is 0.146. The number of rotatable bonds is 6. The van der Waals surface area contributed by atoms with E-state index in [2.05, 4.69) is 9.47 Å². The highest BCUT2D eigenvalue weighted by atomic mass is 19.3. The van der Waals surface area contributed by atoms with Gasteiger partial charge in [0.15, 0.2) is 0 Å². The molecular weight excluding hydrogens is 374 g/mol. The molecule has 1 aromatic heterocycles. The number of carbonyl (C=O) groups is 1. The van der Waals surface area contributed by atoms with Crippen LogP contribution in [0.3, 0.4) is 0 Å². The second-order valence-electron chi connectivity index (χ2n) is 5.93. The maximum absolute atomic E-state index is 12.6. The zero-order valence-corrected chi connectivity index (χ0v) is 14.7. The third-order valence-electron chi connectivity index (χ3n) is 4.25. The van der Waals surface area contributed by atoms with Gasteiger partial charge >= 0.3 is 18.2 Å². The third-order valence-corrected chi connectivity index (χ3v) is 4.25. The van der Waals surface area contributed by atoms with Gasteiger partial charge in [0.1, 0.15) is 17.1 Å². The highest BCUT2D eigenvalue weighted by Gasteiger charge is 2.27. The number of ether oxygens (including phenoxy) is 2. The van der Waals surface area contributed by atoms with Crippen LogP contribution in [-0.4, -0.2) is 24.8 Å². The summed E-state index contributed by atoms with van der Waals surface area (Å²) in [6.07, 6.45) is -0.314. The molecule has 6 nitrogen and oxygen atoms in total. The molecule has 0 fully saturated rings. The van der Waals surface area contributed by atoms with E-state index in [0.717, 1.165) is 0 Å². The molecule has 3 rings (SSSR count). The summed E-state index contributed by atoms with van der Waals surface area (Å²) in [6, 6.07) is 11.9. The van der Waals surface area contributed by atoms with Gasteiger partial charge in [0, 0.05) is 5.92 Å². The van der Waals surface area contributed by atoms with Gasteiger partial charge < -0.3 is 19.0 Å². The van der Waals surface area contributed by atoms with Gasteiger partial charge in [-0.05, 0) is 29.8 Å². The van der Waals surface area contributed by atoms with Gasteiger partial charge in [0.05, 0.1) is 24.5 Å². The Hall–Kier alpha value is -3.42. The summed E-state index contributed by atoms with van der Waals surface area (Å²) in [5.41, 5.74) is -0.523. The van der Waals surface area contributed by atoms with Crippen LogP contribution in [-0.2, 0) is 9.53 Å². The second-order valence-corrected chi connectivity index (χ2v) is 5.93. The Morgan fingerprint density at radius 3 is 2.64 bits per heavy atom. The Bertz CT molecular complexity index is 1060. The van der Waals surface area contributed by atoms with E-state index in [9.17, 15) is 23.5 Å². The van der Waals surface area contributed by atoms with Gasteiger partial charge in [-0.1, -0.05) is 24.3 Å². The number of hydrogen-bond acceptors (Lipinski definition) is 6. The lowest BCUT2D eigenvalue weighted by atomic mass is 9.88. The smallest absolute Gasteiger partial charge is 0.387 e. The zero-order chi connectivity index (χ0) is 20.3. The lowest BCUT2D eigenvalue weighted by Crippen LogP contribution is -2.18. The van der Waals surface area contributed by atoms with Gasteiger partial charge in [0.2, 0.25) is 0 Å². The molecule has 146 valence electrons. The summed E-state index contributed by atoms with van der Waals surface area (Å²) in [7, 11) is 1.18. The lowest BCUT2D eigenvalue weighted by Gasteiger charge is -2.18. The van der Waals surface area contributed by atoms with Crippen LogP contribution in [0.1, 0.15) is 23.5 Å². The van der Waals surface area contributed by atoms with Crippen LogP contribution in [0.15, 0.2) is 57.7 Å². The largest absolute Gasteiger partial charge is 0.507 e. The van der Waals surface area contributed by atoms with Crippen LogP contribution >= 0.6 is 0 Å². The van der Waals surface area contributed by atoms with E-state index < -0.39 is 24.1 Å². The predicted molar refractivity (Wildman–Crippen MR) is 95.7 cm³/mol. The first-order valence-corrected chi connectivity index (χ1v) is 8.27. The predicted octanol–water partition coefficient (Wildman–Crippen LogP) is 3.80. The van der Waals surface area contributed by atoms with Gasteiger partial charge in [0.25, 0.3) is 0 Å². The van der Waals surface area contributed by atoms with E-state index in [0.29, 0.717) is 5.56 Å². The van der Waals surface area contributed by atoms with E-state index in [1.54, 1.807) is 18.2 Å². The van der Waals surface area contributed by atoms with Crippen molar-refractivity contribution in [1.29, 1.82) is 0 Å². The van der Waals surface area contributed by atoms with Crippen molar-refractivity contribution in [2.75, 3.05) is 7.11 Å². The quantitative estimate of drug-likeness (QED) is 0.509. The van der Waals surface area contributed by atoms with Crippen molar-refractivity contribution >= 4 is 16.9 Å². The minimum atomic E-state index is -3.03. The molecule has 0 aliphatic rings. The Morgan fingerprint density at radius 2 is 1.93 bits per heavy atom. The standard InChI is InChI=1S/C20H16F2O6/c1-26-16(23)10-14(11-5-4-6-12(9-11)27-20(21)22)17-18(24)13-7-2-3-8-15(13)28-19(17)25/h2-9,14,20,24H,10H2,1H3/t14-/m0/s1. The summed E-state index contributed by atoms with van der Waals surface area (Å²) in [5, 5.41) is 11.0. The molecule has 8 heteroatoms. The number of hydrogen-bond donors (Lipinski definition) is 1. The first-order chi connectivity index (χ1) is 13.4. The molecule has 0 saturated carbocycles. The van der Waals surface area contributed by atoms with Crippen LogP contribution in [0.25, 0.3) is 11.0 Å². The van der Waals surface area contributed by atoms with Gasteiger partial charge in [-0.3, -0.25) is 4.79 Å². The zero-order valence-electron chi connectivity index (χ0n) is 14.7. The lowest BCUT2D eigenvalue weighted by molar-refractivity contribution is -0.140. The number of esters is 1. The molecule has 0 radical (unpaired) electrons. The monoisotopic (exact) mass is 390 g/mol. The molecule has 0 bridgehead atoms. The SMILES string of the molecule is COC(=O)C[C@@H](c1cccc(OC(F)F)c1)c1c(O)c2ccccc2oc1=O. The van der Waals surface area contributed by atoms with E-state index in [1.807, 2.05) is 0 Å². The Kier molecular flexibility index (Phi) is 5.58. The van der Waals surface area contributed by atoms with Crippen molar-refractivity contribution in [1.82, 2.24) is 0 Å². The summed E-state index contributed by atoms with van der Waals surface area (Å²) >= 11 is 0. The first-order valence-electron chi connectivity index (χ1n) is 8.27. The van der Waals surface area contributed by atoms with E-state index in [-0.39, 0.29) is 34.5 Å². The average Bonchev–Trinajstić information content (AvgIpc) is 2.66. The molecule has 3 aromatic rings. The second kappa shape index (κ2) is 8.08. The molecule has 0 spiro atoms. The van der Waals surface area contributed by atoms with Gasteiger partial charge in [-0.25, -0.2) is 4.79 Å². The highest BCUT2D eigenvalue weighted by Crippen LogP contribution is 2.37. The number of methoxy groups -OCH3 is 1. The Morgan fingerprint density at radius 1 is 1.18 bits per heavy atom. The molecule has 0 unspecified atom stereocenters. The number of carbonyl (C=O) groups excluding carboxylic acids is 1. The van der Waals surface area contributed by atoms with E-state index in [4.69, 9.17) is 4.42 Å². The van der Waals surface area contributed by atoms with Gasteiger partial charge in [-0.15, -0.1) is 0 Å². The fourth-order valence-corrected chi connectivity index (χ4v) is 3.00. The molecule has 1 N–H and O–H groups in total. The van der Waals surface area contributed by atoms with Crippen LogP contribution in [0.4, 0.5) is 8.78 Å². The van der Waals surface area contributed by atoms with Crippen molar-refractivity contribution in [3.63, 3.8) is 0 Å². The molecule has 0 amide bonds. The van der Waals surface area contributed by atoms with Crippen LogP contribution < -0.4 is 10.4 Å². The van der Waals surface area contributed by atoms with Crippen LogP contribution in [0.5, 0.6) is 11.5 Å². The number of aromatic hydroxyl groups is 1. The maximum atomic E-state index is 12.6. The summed E-state index contributed by atoms with van der Waals surface area (Å²) < 4.78 is 39.4. The van der Waals surface area contributed by atoms with Crippen LogP contribution in [0, 0.1) is 0 Å². The third kappa shape index (κ3) is 3.95. The van der Waals surface area contributed by atoms with Crippen molar-refractivity contribution in [3.05, 3.63) is 70.1 Å². The molecule has 1 atom stereocenters. The summed E-state index contributed by atoms with van der Waals surface area (Å²) in [4.78, 5) is 24.5.